The van der Waals surface area contributed by atoms with Crippen LogP contribution in [0.25, 0.3) is 10.9 Å². The number of carbonyl (C=O) groups is 1. The van der Waals surface area contributed by atoms with Crippen LogP contribution in [-0.2, 0) is 4.74 Å². The van der Waals surface area contributed by atoms with E-state index in [-0.39, 0.29) is 18.6 Å². The van der Waals surface area contributed by atoms with E-state index in [1.807, 2.05) is 12.1 Å². The summed E-state index contributed by atoms with van der Waals surface area (Å²) in [6, 6.07) is 7.26. The van der Waals surface area contributed by atoms with Crippen molar-refractivity contribution in [3.8, 4) is 12.3 Å². The van der Waals surface area contributed by atoms with Crippen molar-refractivity contribution in [3.05, 3.63) is 35.0 Å². The number of hydrogen-bond acceptors (Lipinski definition) is 3. The highest BCUT2D eigenvalue weighted by atomic mass is 35.5. The number of amides is 1. The number of rotatable bonds is 4. The van der Waals surface area contributed by atoms with Gasteiger partial charge < -0.3 is 19.7 Å². The summed E-state index contributed by atoms with van der Waals surface area (Å²) in [6.45, 7) is 2.68. The second kappa shape index (κ2) is 6.48. The monoisotopic (exact) mass is 346 g/mol. The van der Waals surface area contributed by atoms with Crippen LogP contribution < -0.4 is 0 Å². The number of benzene rings is 1. The van der Waals surface area contributed by atoms with Gasteiger partial charge in [-0.05, 0) is 37.6 Å². The zero-order valence-electron chi connectivity index (χ0n) is 13.4. The molecule has 1 aromatic heterocycles. The molecule has 0 saturated carbocycles. The molecule has 5 nitrogen and oxygen atoms in total. The van der Waals surface area contributed by atoms with Crippen LogP contribution in [0.5, 0.6) is 0 Å². The lowest BCUT2D eigenvalue weighted by molar-refractivity contribution is -0.0285. The van der Waals surface area contributed by atoms with Crippen LogP contribution in [0.1, 0.15) is 23.8 Å². The summed E-state index contributed by atoms with van der Waals surface area (Å²) in [6.07, 6.45) is 5.83. The maximum Gasteiger partial charge on any atom is 0.270 e. The van der Waals surface area contributed by atoms with E-state index in [1.165, 1.54) is 6.92 Å². The number of aliphatic hydroxyl groups is 1. The molecular formula is C18H19ClN2O3. The van der Waals surface area contributed by atoms with E-state index in [0.717, 1.165) is 17.3 Å². The summed E-state index contributed by atoms with van der Waals surface area (Å²) >= 11 is 5.98. The number of nitrogens with one attached hydrogen (secondary N) is 1. The third kappa shape index (κ3) is 3.57. The summed E-state index contributed by atoms with van der Waals surface area (Å²) in [5, 5.41) is 11.3. The van der Waals surface area contributed by atoms with Crippen LogP contribution in [0.15, 0.2) is 24.3 Å². The van der Waals surface area contributed by atoms with Crippen LogP contribution >= 0.6 is 11.6 Å². The molecule has 1 amide bonds. The standard InChI is InChI=1S/C18H19ClN2O3/c1-3-18(2,23)11-24-14-6-7-21(10-14)17(22)16-9-12-8-13(19)4-5-15(12)20-16/h1,4-5,8-9,14,20,23H,6-7,10-11H2,2H3/t14-,18?/m0/s1. The third-order valence-corrected chi connectivity index (χ3v) is 4.39. The average Bonchev–Trinajstić information content (AvgIpc) is 3.18. The van der Waals surface area contributed by atoms with Gasteiger partial charge in [-0.1, -0.05) is 17.5 Å². The number of fused-ring (bicyclic) bond motifs is 1. The Morgan fingerprint density at radius 2 is 2.38 bits per heavy atom. The fraction of sp³-hybridized carbons (Fsp3) is 0.389. The Bertz CT molecular complexity index is 806. The summed E-state index contributed by atoms with van der Waals surface area (Å²) in [5.41, 5.74) is 0.122. The molecule has 0 radical (unpaired) electrons. The lowest BCUT2D eigenvalue weighted by atomic mass is 10.1. The van der Waals surface area contributed by atoms with Gasteiger partial charge in [0.15, 0.2) is 0 Å². The van der Waals surface area contributed by atoms with Gasteiger partial charge in [0.2, 0.25) is 0 Å². The predicted molar refractivity (Wildman–Crippen MR) is 93.0 cm³/mol. The summed E-state index contributed by atoms with van der Waals surface area (Å²) in [7, 11) is 0. The second-order valence-corrected chi connectivity index (χ2v) is 6.74. The molecule has 6 heteroatoms. The number of H-pyrrole nitrogens is 1. The van der Waals surface area contributed by atoms with Crippen molar-refractivity contribution in [3.63, 3.8) is 0 Å². The SMILES string of the molecule is C#CC(C)(O)CO[C@H]1CCN(C(=O)c2cc3cc(Cl)ccc3[nH]2)C1. The van der Waals surface area contributed by atoms with Gasteiger partial charge in [0, 0.05) is 29.0 Å². The van der Waals surface area contributed by atoms with E-state index >= 15 is 0 Å². The first kappa shape index (κ1) is 16.8. The molecule has 2 heterocycles. The van der Waals surface area contributed by atoms with Gasteiger partial charge in [-0.25, -0.2) is 0 Å². The molecule has 1 aromatic carbocycles. The number of aromatic nitrogens is 1. The van der Waals surface area contributed by atoms with Crippen molar-refractivity contribution < 1.29 is 14.6 Å². The number of terminal acetylenes is 1. The number of hydrogen-bond donors (Lipinski definition) is 2. The number of ether oxygens (including phenoxy) is 1. The molecule has 3 rings (SSSR count). The van der Waals surface area contributed by atoms with Crippen molar-refractivity contribution in [1.29, 1.82) is 0 Å². The smallest absolute Gasteiger partial charge is 0.270 e. The first-order chi connectivity index (χ1) is 11.4. The Morgan fingerprint density at radius 1 is 1.58 bits per heavy atom. The topological polar surface area (TPSA) is 65.6 Å². The predicted octanol–water partition coefficient (Wildman–Crippen LogP) is 2.44. The van der Waals surface area contributed by atoms with E-state index < -0.39 is 5.60 Å². The van der Waals surface area contributed by atoms with Crippen molar-refractivity contribution in [2.45, 2.75) is 25.0 Å². The highest BCUT2D eigenvalue weighted by Gasteiger charge is 2.30. The Morgan fingerprint density at radius 3 is 3.12 bits per heavy atom. The lowest BCUT2D eigenvalue weighted by Gasteiger charge is -2.20. The lowest BCUT2D eigenvalue weighted by Crippen LogP contribution is -2.34. The van der Waals surface area contributed by atoms with Gasteiger partial charge in [-0.15, -0.1) is 6.42 Å². The zero-order chi connectivity index (χ0) is 17.3. The third-order valence-electron chi connectivity index (χ3n) is 4.16. The number of halogens is 1. The molecule has 1 aliphatic heterocycles. The molecule has 0 bridgehead atoms. The summed E-state index contributed by atoms with van der Waals surface area (Å²) in [4.78, 5) is 17.5. The molecule has 2 aromatic rings. The molecule has 2 atom stereocenters. The minimum absolute atomic E-state index is 0.0566. The number of carbonyl (C=O) groups excluding carboxylic acids is 1. The Hall–Kier alpha value is -2.00. The zero-order valence-corrected chi connectivity index (χ0v) is 14.1. The fourth-order valence-electron chi connectivity index (χ4n) is 2.76. The molecule has 1 saturated heterocycles. The molecule has 24 heavy (non-hydrogen) atoms. The normalized spacial score (nSPS) is 20.1. The Labute approximate surface area is 145 Å². The van der Waals surface area contributed by atoms with Gasteiger partial charge >= 0.3 is 0 Å². The molecule has 0 spiro atoms. The first-order valence-electron chi connectivity index (χ1n) is 7.77. The highest BCUT2D eigenvalue weighted by molar-refractivity contribution is 6.31. The van der Waals surface area contributed by atoms with Gasteiger partial charge in [0.05, 0.1) is 12.7 Å². The van der Waals surface area contributed by atoms with Gasteiger partial charge in [0.1, 0.15) is 11.3 Å². The minimum atomic E-state index is -1.28. The number of aromatic amines is 1. The van der Waals surface area contributed by atoms with Gasteiger partial charge in [-0.3, -0.25) is 4.79 Å². The number of likely N-dealkylation sites (tertiary alicyclic amines) is 1. The molecule has 1 unspecified atom stereocenters. The minimum Gasteiger partial charge on any atom is -0.375 e. The quantitative estimate of drug-likeness (QED) is 0.836. The van der Waals surface area contributed by atoms with Crippen molar-refractivity contribution in [2.75, 3.05) is 19.7 Å². The highest BCUT2D eigenvalue weighted by Crippen LogP contribution is 2.22. The molecule has 126 valence electrons. The maximum absolute atomic E-state index is 12.6. The first-order valence-corrected chi connectivity index (χ1v) is 8.15. The molecule has 1 fully saturated rings. The van der Waals surface area contributed by atoms with Crippen LogP contribution in [-0.4, -0.2) is 52.3 Å². The van der Waals surface area contributed by atoms with E-state index in [2.05, 4.69) is 10.9 Å². The summed E-state index contributed by atoms with van der Waals surface area (Å²) in [5.74, 6) is 2.21. The molecule has 1 aliphatic rings. The molecule has 2 N–H and O–H groups in total. The largest absolute Gasteiger partial charge is 0.375 e. The van der Waals surface area contributed by atoms with E-state index in [1.54, 1.807) is 17.0 Å². The summed E-state index contributed by atoms with van der Waals surface area (Å²) < 4.78 is 5.64. The van der Waals surface area contributed by atoms with Crippen LogP contribution in [0.4, 0.5) is 0 Å². The Balaban J connectivity index is 1.64. The average molecular weight is 347 g/mol. The van der Waals surface area contributed by atoms with Crippen LogP contribution in [0.3, 0.4) is 0 Å². The molecule has 0 aliphatic carbocycles. The van der Waals surface area contributed by atoms with Crippen molar-refractivity contribution in [2.24, 2.45) is 0 Å². The van der Waals surface area contributed by atoms with Crippen LogP contribution in [0.2, 0.25) is 5.02 Å². The van der Waals surface area contributed by atoms with E-state index in [0.29, 0.717) is 23.8 Å². The van der Waals surface area contributed by atoms with Crippen molar-refractivity contribution in [1.82, 2.24) is 9.88 Å². The Kier molecular flexibility index (Phi) is 4.55. The molecular weight excluding hydrogens is 328 g/mol. The van der Waals surface area contributed by atoms with Gasteiger partial charge in [-0.2, -0.15) is 0 Å². The van der Waals surface area contributed by atoms with E-state index in [9.17, 15) is 9.90 Å². The fourth-order valence-corrected chi connectivity index (χ4v) is 2.94. The maximum atomic E-state index is 12.6. The van der Waals surface area contributed by atoms with E-state index in [4.69, 9.17) is 22.8 Å². The van der Waals surface area contributed by atoms with Gasteiger partial charge in [0.25, 0.3) is 5.91 Å². The number of nitrogens with zero attached hydrogens (tertiary/aromatic N) is 1. The van der Waals surface area contributed by atoms with Crippen LogP contribution in [0, 0.1) is 12.3 Å². The van der Waals surface area contributed by atoms with Crippen molar-refractivity contribution >= 4 is 28.4 Å². The second-order valence-electron chi connectivity index (χ2n) is 6.31.